The number of rotatable bonds is 7. The Hall–Kier alpha value is -2.21. The predicted molar refractivity (Wildman–Crippen MR) is 112 cm³/mol. The summed E-state index contributed by atoms with van der Waals surface area (Å²) >= 11 is 0. The van der Waals surface area contributed by atoms with E-state index in [0.717, 1.165) is 25.9 Å². The van der Waals surface area contributed by atoms with Crippen LogP contribution in [0.1, 0.15) is 39.1 Å². The summed E-state index contributed by atoms with van der Waals surface area (Å²) in [7, 11) is 1.69. The molecule has 2 aromatic rings. The number of nitrogens with one attached hydrogen (secondary N) is 2. The van der Waals surface area contributed by atoms with Crippen LogP contribution in [0.25, 0.3) is 0 Å². The number of hydrogen-bond acceptors (Lipinski definition) is 4. The van der Waals surface area contributed by atoms with Crippen LogP contribution in [0.3, 0.4) is 0 Å². The monoisotopic (exact) mass is 402 g/mol. The molecule has 1 saturated heterocycles. The van der Waals surface area contributed by atoms with E-state index in [-0.39, 0.29) is 29.5 Å². The number of ketones is 1. The molecule has 1 heterocycles. The maximum absolute atomic E-state index is 12.9. The zero-order chi connectivity index (χ0) is 19.1. The molecule has 5 nitrogen and oxygen atoms in total. The first-order valence-corrected chi connectivity index (χ1v) is 9.32. The van der Waals surface area contributed by atoms with E-state index in [1.165, 1.54) is 0 Å². The standard InChI is InChI=1S/C22H26N2O3.ClH/c1-27-16-22(11-13-23-14-12-22)15-24-21(26)19-10-6-5-9-18(19)20(25)17-7-3-2-4-8-17;/h2-10,23H,11-16H2,1H3,(H,24,26);1H. The number of hydrogen-bond donors (Lipinski definition) is 2. The Bertz CT molecular complexity index is 784. The molecule has 28 heavy (non-hydrogen) atoms. The highest BCUT2D eigenvalue weighted by Gasteiger charge is 2.33. The van der Waals surface area contributed by atoms with Gasteiger partial charge in [0, 0.05) is 30.2 Å². The summed E-state index contributed by atoms with van der Waals surface area (Å²) in [6.07, 6.45) is 1.90. The fraction of sp³-hybridized carbons (Fsp3) is 0.364. The second kappa shape index (κ2) is 10.4. The number of carbonyl (C=O) groups is 2. The van der Waals surface area contributed by atoms with Crippen molar-refractivity contribution in [2.24, 2.45) is 5.41 Å². The highest BCUT2D eigenvalue weighted by Crippen LogP contribution is 2.28. The van der Waals surface area contributed by atoms with Gasteiger partial charge in [-0.3, -0.25) is 9.59 Å². The van der Waals surface area contributed by atoms with E-state index in [9.17, 15) is 9.59 Å². The molecule has 0 spiro atoms. The molecular formula is C22H27ClN2O3. The first-order chi connectivity index (χ1) is 13.2. The SMILES string of the molecule is COCC1(CNC(=O)c2ccccc2C(=O)c2ccccc2)CCNCC1.Cl. The topological polar surface area (TPSA) is 67.4 Å². The number of amides is 1. The molecular weight excluding hydrogens is 376 g/mol. The van der Waals surface area contributed by atoms with Gasteiger partial charge in [-0.1, -0.05) is 48.5 Å². The van der Waals surface area contributed by atoms with Crippen LogP contribution in [0.15, 0.2) is 54.6 Å². The Labute approximate surface area is 172 Å². The Balaban J connectivity index is 0.00000280. The van der Waals surface area contributed by atoms with Gasteiger partial charge in [0.15, 0.2) is 5.78 Å². The molecule has 0 aromatic heterocycles. The van der Waals surface area contributed by atoms with Crippen molar-refractivity contribution in [3.8, 4) is 0 Å². The molecule has 0 saturated carbocycles. The lowest BCUT2D eigenvalue weighted by atomic mass is 9.79. The van der Waals surface area contributed by atoms with Crippen LogP contribution in [-0.4, -0.2) is 45.0 Å². The third-order valence-electron chi connectivity index (χ3n) is 5.19. The highest BCUT2D eigenvalue weighted by atomic mass is 35.5. The van der Waals surface area contributed by atoms with E-state index in [2.05, 4.69) is 10.6 Å². The van der Waals surface area contributed by atoms with Gasteiger partial charge < -0.3 is 15.4 Å². The molecule has 1 fully saturated rings. The lowest BCUT2D eigenvalue weighted by Gasteiger charge is -2.37. The molecule has 2 N–H and O–H groups in total. The minimum atomic E-state index is -0.219. The van der Waals surface area contributed by atoms with Gasteiger partial charge in [-0.05, 0) is 32.0 Å². The Morgan fingerprint density at radius 3 is 2.25 bits per heavy atom. The van der Waals surface area contributed by atoms with Gasteiger partial charge in [0.25, 0.3) is 5.91 Å². The maximum atomic E-state index is 12.9. The molecule has 0 radical (unpaired) electrons. The molecule has 6 heteroatoms. The predicted octanol–water partition coefficient (Wildman–Crippen LogP) is 3.09. The molecule has 0 aliphatic carbocycles. The quantitative estimate of drug-likeness (QED) is 0.698. The van der Waals surface area contributed by atoms with Gasteiger partial charge in [-0.2, -0.15) is 0 Å². The molecule has 3 rings (SSSR count). The van der Waals surface area contributed by atoms with E-state index in [1.54, 1.807) is 43.5 Å². The molecule has 0 atom stereocenters. The van der Waals surface area contributed by atoms with Gasteiger partial charge in [-0.15, -0.1) is 12.4 Å². The normalized spacial score (nSPS) is 15.3. The second-order valence-electron chi connectivity index (χ2n) is 7.11. The first-order valence-electron chi connectivity index (χ1n) is 9.32. The van der Waals surface area contributed by atoms with E-state index in [1.807, 2.05) is 18.2 Å². The molecule has 1 aliphatic heterocycles. The molecule has 0 bridgehead atoms. The summed E-state index contributed by atoms with van der Waals surface area (Å²) in [5.74, 6) is -0.362. The van der Waals surface area contributed by atoms with Crippen LogP contribution >= 0.6 is 12.4 Å². The van der Waals surface area contributed by atoms with Gasteiger partial charge in [0.2, 0.25) is 0 Å². The largest absolute Gasteiger partial charge is 0.384 e. The highest BCUT2D eigenvalue weighted by molar-refractivity contribution is 6.15. The smallest absolute Gasteiger partial charge is 0.252 e. The van der Waals surface area contributed by atoms with Crippen LogP contribution in [0.5, 0.6) is 0 Å². The number of benzene rings is 2. The van der Waals surface area contributed by atoms with E-state index in [4.69, 9.17) is 4.74 Å². The number of carbonyl (C=O) groups excluding carboxylic acids is 2. The maximum Gasteiger partial charge on any atom is 0.252 e. The second-order valence-corrected chi connectivity index (χ2v) is 7.11. The Morgan fingerprint density at radius 1 is 1.00 bits per heavy atom. The van der Waals surface area contributed by atoms with Crippen molar-refractivity contribution in [2.75, 3.05) is 33.4 Å². The zero-order valence-corrected chi connectivity index (χ0v) is 16.9. The molecule has 1 aliphatic rings. The third kappa shape index (κ3) is 5.19. The lowest BCUT2D eigenvalue weighted by molar-refractivity contribution is 0.0511. The lowest BCUT2D eigenvalue weighted by Crippen LogP contribution is -2.47. The minimum absolute atomic E-state index is 0. The number of methoxy groups -OCH3 is 1. The van der Waals surface area contributed by atoms with Gasteiger partial charge in [-0.25, -0.2) is 0 Å². The number of halogens is 1. The van der Waals surface area contributed by atoms with Crippen LogP contribution in [0.2, 0.25) is 0 Å². The van der Waals surface area contributed by atoms with Crippen LogP contribution < -0.4 is 10.6 Å². The zero-order valence-electron chi connectivity index (χ0n) is 16.1. The van der Waals surface area contributed by atoms with Crippen LogP contribution in [0.4, 0.5) is 0 Å². The Kier molecular flexibility index (Phi) is 8.18. The van der Waals surface area contributed by atoms with Crippen molar-refractivity contribution in [1.82, 2.24) is 10.6 Å². The van der Waals surface area contributed by atoms with Crippen molar-refractivity contribution in [1.29, 1.82) is 0 Å². The minimum Gasteiger partial charge on any atom is -0.384 e. The number of piperidine rings is 1. The molecule has 1 amide bonds. The molecule has 2 aromatic carbocycles. The van der Waals surface area contributed by atoms with Crippen molar-refractivity contribution >= 4 is 24.1 Å². The first kappa shape index (κ1) is 22.1. The summed E-state index contributed by atoms with van der Waals surface area (Å²) in [4.78, 5) is 25.7. The number of ether oxygens (including phenoxy) is 1. The summed E-state index contributed by atoms with van der Waals surface area (Å²) in [5, 5.41) is 6.39. The summed E-state index contributed by atoms with van der Waals surface area (Å²) in [5.41, 5.74) is 1.35. The molecule has 0 unspecified atom stereocenters. The van der Waals surface area contributed by atoms with Crippen LogP contribution in [0, 0.1) is 5.41 Å². The van der Waals surface area contributed by atoms with Gasteiger partial charge in [0.1, 0.15) is 0 Å². The van der Waals surface area contributed by atoms with Crippen molar-refractivity contribution in [3.63, 3.8) is 0 Å². The van der Waals surface area contributed by atoms with Gasteiger partial charge >= 0.3 is 0 Å². The summed E-state index contributed by atoms with van der Waals surface area (Å²) in [6, 6.07) is 16.0. The van der Waals surface area contributed by atoms with E-state index in [0.29, 0.717) is 29.8 Å². The summed E-state index contributed by atoms with van der Waals surface area (Å²) < 4.78 is 5.41. The summed E-state index contributed by atoms with van der Waals surface area (Å²) in [6.45, 7) is 2.99. The van der Waals surface area contributed by atoms with Crippen molar-refractivity contribution < 1.29 is 14.3 Å². The Morgan fingerprint density at radius 2 is 1.61 bits per heavy atom. The van der Waals surface area contributed by atoms with Gasteiger partial charge in [0.05, 0.1) is 12.2 Å². The fourth-order valence-electron chi connectivity index (χ4n) is 3.62. The van der Waals surface area contributed by atoms with E-state index >= 15 is 0 Å². The van der Waals surface area contributed by atoms with Crippen molar-refractivity contribution in [3.05, 3.63) is 71.3 Å². The third-order valence-corrected chi connectivity index (χ3v) is 5.19. The average molecular weight is 403 g/mol. The van der Waals surface area contributed by atoms with Crippen molar-refractivity contribution in [2.45, 2.75) is 12.8 Å². The fourth-order valence-corrected chi connectivity index (χ4v) is 3.62. The van der Waals surface area contributed by atoms with Crippen LogP contribution in [-0.2, 0) is 4.74 Å². The van der Waals surface area contributed by atoms with E-state index < -0.39 is 0 Å². The average Bonchev–Trinajstić information content (AvgIpc) is 2.73. The molecule has 150 valence electrons.